The van der Waals surface area contributed by atoms with Gasteiger partial charge in [0.25, 0.3) is 11.8 Å². The van der Waals surface area contributed by atoms with E-state index in [0.717, 1.165) is 17.1 Å². The van der Waals surface area contributed by atoms with Gasteiger partial charge in [0.2, 0.25) is 0 Å². The van der Waals surface area contributed by atoms with Crippen LogP contribution in [0.15, 0.2) is 75.6 Å². The Kier molecular flexibility index (Phi) is 7.35. The van der Waals surface area contributed by atoms with Crippen LogP contribution in [0.3, 0.4) is 0 Å². The molecule has 2 N–H and O–H groups in total. The van der Waals surface area contributed by atoms with Crippen LogP contribution in [0.2, 0.25) is 0 Å². The lowest BCUT2D eigenvalue weighted by atomic mass is 10.1. The molecule has 3 aromatic rings. The monoisotopic (exact) mass is 410 g/mol. The second kappa shape index (κ2) is 10.4. The van der Waals surface area contributed by atoms with Gasteiger partial charge in [-0.25, -0.2) is 0 Å². The van der Waals surface area contributed by atoms with Gasteiger partial charge in [-0.3, -0.25) is 9.59 Å². The molecule has 0 saturated carbocycles. The number of rotatable bonds is 9. The molecule has 1 aromatic carbocycles. The fourth-order valence-corrected chi connectivity index (χ4v) is 3.23. The highest BCUT2D eigenvalue weighted by Crippen LogP contribution is 2.12. The molecular formula is C22H22N2O4S. The standard InChI is InChI=1S/C22H22N2O4S/c1-16-6-8-17(9-7-16)21(25)24-20(14-18-4-2-11-27-18)22(26)23-10-13-29-15-19-5-3-12-28-19/h2-9,11-12,14H,10,13,15H2,1H3,(H,23,26)(H,24,25)/b20-14-. The zero-order valence-electron chi connectivity index (χ0n) is 16.0. The van der Waals surface area contributed by atoms with Crippen molar-refractivity contribution in [3.63, 3.8) is 0 Å². The van der Waals surface area contributed by atoms with Gasteiger partial charge < -0.3 is 19.5 Å². The van der Waals surface area contributed by atoms with E-state index in [0.29, 0.717) is 23.6 Å². The number of aryl methyl sites for hydroxylation is 1. The van der Waals surface area contributed by atoms with E-state index in [9.17, 15) is 9.59 Å². The molecule has 2 aromatic heterocycles. The summed E-state index contributed by atoms with van der Waals surface area (Å²) in [6.07, 6.45) is 4.66. The van der Waals surface area contributed by atoms with Gasteiger partial charge in [0.05, 0.1) is 18.3 Å². The number of carbonyl (C=O) groups is 2. The van der Waals surface area contributed by atoms with Crippen LogP contribution in [0.25, 0.3) is 6.08 Å². The zero-order valence-corrected chi connectivity index (χ0v) is 16.8. The van der Waals surface area contributed by atoms with Gasteiger partial charge in [-0.2, -0.15) is 11.8 Å². The molecule has 2 amide bonds. The summed E-state index contributed by atoms with van der Waals surface area (Å²) >= 11 is 1.65. The Hall–Kier alpha value is -3.19. The summed E-state index contributed by atoms with van der Waals surface area (Å²) < 4.78 is 10.6. The molecule has 0 unspecified atom stereocenters. The summed E-state index contributed by atoms with van der Waals surface area (Å²) in [5.41, 5.74) is 1.65. The Labute approximate surface area is 173 Å². The molecule has 29 heavy (non-hydrogen) atoms. The number of hydrogen-bond acceptors (Lipinski definition) is 5. The fraction of sp³-hybridized carbons (Fsp3) is 0.182. The third kappa shape index (κ3) is 6.43. The first-order valence-electron chi connectivity index (χ1n) is 9.13. The van der Waals surface area contributed by atoms with Gasteiger partial charge in [0.15, 0.2) is 0 Å². The second-order valence-corrected chi connectivity index (χ2v) is 7.39. The predicted molar refractivity (Wildman–Crippen MR) is 113 cm³/mol. The minimum Gasteiger partial charge on any atom is -0.468 e. The minimum absolute atomic E-state index is 0.126. The lowest BCUT2D eigenvalue weighted by Gasteiger charge is -2.11. The molecule has 0 aliphatic carbocycles. The summed E-state index contributed by atoms with van der Waals surface area (Å²) in [4.78, 5) is 25.1. The molecule has 0 atom stereocenters. The molecule has 2 heterocycles. The summed E-state index contributed by atoms with van der Waals surface area (Å²) in [6, 6.07) is 14.3. The third-order valence-electron chi connectivity index (χ3n) is 3.99. The van der Waals surface area contributed by atoms with E-state index in [-0.39, 0.29) is 17.5 Å². The summed E-state index contributed by atoms with van der Waals surface area (Å²) in [5.74, 6) is 2.09. The van der Waals surface area contributed by atoms with Gasteiger partial charge in [-0.05, 0) is 43.3 Å². The zero-order chi connectivity index (χ0) is 20.5. The Morgan fingerprint density at radius 3 is 2.48 bits per heavy atom. The largest absolute Gasteiger partial charge is 0.468 e. The summed E-state index contributed by atoms with van der Waals surface area (Å²) in [7, 11) is 0. The molecule has 6 nitrogen and oxygen atoms in total. The molecule has 3 rings (SSSR count). The molecule has 0 spiro atoms. The Morgan fingerprint density at radius 1 is 1.03 bits per heavy atom. The van der Waals surface area contributed by atoms with Crippen molar-refractivity contribution < 1.29 is 18.4 Å². The third-order valence-corrected chi connectivity index (χ3v) is 4.97. The quantitative estimate of drug-likeness (QED) is 0.411. The summed E-state index contributed by atoms with van der Waals surface area (Å²) in [5, 5.41) is 5.51. The first kappa shape index (κ1) is 20.5. The smallest absolute Gasteiger partial charge is 0.267 e. The van der Waals surface area contributed by atoms with Gasteiger partial charge in [-0.15, -0.1) is 0 Å². The molecule has 0 aliphatic rings. The van der Waals surface area contributed by atoms with Crippen molar-refractivity contribution in [3.8, 4) is 0 Å². The predicted octanol–water partition coefficient (Wildman–Crippen LogP) is 4.00. The van der Waals surface area contributed by atoms with Crippen molar-refractivity contribution in [1.82, 2.24) is 10.6 Å². The summed E-state index contributed by atoms with van der Waals surface area (Å²) in [6.45, 7) is 2.40. The van der Waals surface area contributed by atoms with Crippen LogP contribution >= 0.6 is 11.8 Å². The Balaban J connectivity index is 1.58. The van der Waals surface area contributed by atoms with E-state index in [2.05, 4.69) is 10.6 Å². The number of furan rings is 2. The van der Waals surface area contributed by atoms with Crippen molar-refractivity contribution in [3.05, 3.63) is 89.4 Å². The first-order valence-corrected chi connectivity index (χ1v) is 10.3. The van der Waals surface area contributed by atoms with E-state index >= 15 is 0 Å². The van der Waals surface area contributed by atoms with E-state index in [1.165, 1.54) is 12.3 Å². The van der Waals surface area contributed by atoms with Crippen LogP contribution in [-0.4, -0.2) is 24.1 Å². The Morgan fingerprint density at radius 2 is 1.79 bits per heavy atom. The van der Waals surface area contributed by atoms with Crippen LogP contribution < -0.4 is 10.6 Å². The minimum atomic E-state index is -0.375. The molecule has 0 aliphatic heterocycles. The molecule has 0 fully saturated rings. The number of nitrogens with one attached hydrogen (secondary N) is 2. The number of amides is 2. The van der Waals surface area contributed by atoms with Gasteiger partial charge in [0, 0.05) is 23.9 Å². The maximum Gasteiger partial charge on any atom is 0.267 e. The lowest BCUT2D eigenvalue weighted by Crippen LogP contribution is -2.35. The average Bonchev–Trinajstić information content (AvgIpc) is 3.41. The van der Waals surface area contributed by atoms with Crippen LogP contribution in [0.1, 0.15) is 27.4 Å². The Bertz CT molecular complexity index is 945. The average molecular weight is 410 g/mol. The van der Waals surface area contributed by atoms with Gasteiger partial charge in [-0.1, -0.05) is 17.7 Å². The number of hydrogen-bond donors (Lipinski definition) is 2. The second-order valence-electron chi connectivity index (χ2n) is 6.28. The van der Waals surface area contributed by atoms with Crippen LogP contribution in [0.5, 0.6) is 0 Å². The lowest BCUT2D eigenvalue weighted by molar-refractivity contribution is -0.117. The highest BCUT2D eigenvalue weighted by atomic mass is 32.2. The van der Waals surface area contributed by atoms with Crippen LogP contribution in [0, 0.1) is 6.92 Å². The van der Waals surface area contributed by atoms with E-state index in [1.807, 2.05) is 31.2 Å². The SMILES string of the molecule is Cc1ccc(C(=O)N/C(=C\c2ccco2)C(=O)NCCSCc2ccco2)cc1. The van der Waals surface area contributed by atoms with Gasteiger partial charge in [0.1, 0.15) is 17.2 Å². The fourth-order valence-electron chi connectivity index (χ4n) is 2.47. The van der Waals surface area contributed by atoms with Crippen molar-refractivity contribution in [2.45, 2.75) is 12.7 Å². The molecular weight excluding hydrogens is 388 g/mol. The van der Waals surface area contributed by atoms with E-state index in [4.69, 9.17) is 8.83 Å². The highest BCUT2D eigenvalue weighted by Gasteiger charge is 2.15. The van der Waals surface area contributed by atoms with Crippen molar-refractivity contribution in [1.29, 1.82) is 0 Å². The van der Waals surface area contributed by atoms with Crippen molar-refractivity contribution >= 4 is 29.7 Å². The highest BCUT2D eigenvalue weighted by molar-refractivity contribution is 7.98. The maximum absolute atomic E-state index is 12.6. The number of carbonyl (C=O) groups excluding carboxylic acids is 2. The van der Waals surface area contributed by atoms with E-state index in [1.54, 1.807) is 42.3 Å². The van der Waals surface area contributed by atoms with Gasteiger partial charge >= 0.3 is 0 Å². The van der Waals surface area contributed by atoms with Crippen molar-refractivity contribution in [2.24, 2.45) is 0 Å². The molecule has 0 bridgehead atoms. The van der Waals surface area contributed by atoms with Crippen molar-refractivity contribution in [2.75, 3.05) is 12.3 Å². The topological polar surface area (TPSA) is 84.5 Å². The van der Waals surface area contributed by atoms with Crippen LogP contribution in [0.4, 0.5) is 0 Å². The molecule has 150 valence electrons. The van der Waals surface area contributed by atoms with Crippen LogP contribution in [-0.2, 0) is 10.5 Å². The number of benzene rings is 1. The normalized spacial score (nSPS) is 11.3. The number of thioether (sulfide) groups is 1. The molecule has 0 saturated heterocycles. The first-order chi connectivity index (χ1) is 14.1. The maximum atomic E-state index is 12.6. The molecule has 7 heteroatoms. The van der Waals surface area contributed by atoms with E-state index < -0.39 is 0 Å². The molecule has 0 radical (unpaired) electrons.